The van der Waals surface area contributed by atoms with Crippen LogP contribution in [-0.4, -0.2) is 21.7 Å². The summed E-state index contributed by atoms with van der Waals surface area (Å²) < 4.78 is 1.97. The van der Waals surface area contributed by atoms with Crippen LogP contribution in [0.25, 0.3) is 5.69 Å². The highest BCUT2D eigenvalue weighted by Crippen LogP contribution is 2.18. The highest BCUT2D eigenvalue weighted by molar-refractivity contribution is 5.95. The Morgan fingerprint density at radius 3 is 2.61 bits per heavy atom. The third-order valence-corrected chi connectivity index (χ3v) is 3.51. The molecule has 0 unspecified atom stereocenters. The standard InChI is InChI=1S/C19H16N2O2/c1-14(22)15-4-2-5-16(12-15)20-13-18-6-3-11-21(18)17-7-9-19(23)10-8-17/h2-13,23H,1H3. The minimum absolute atomic E-state index is 0.0227. The van der Waals surface area contributed by atoms with Crippen LogP contribution < -0.4 is 0 Å². The van der Waals surface area contributed by atoms with Crippen molar-refractivity contribution in [2.24, 2.45) is 4.99 Å². The third-order valence-electron chi connectivity index (χ3n) is 3.51. The number of aliphatic imine (C=N–C) groups is 1. The maximum absolute atomic E-state index is 11.4. The van der Waals surface area contributed by atoms with Crippen molar-refractivity contribution in [1.29, 1.82) is 0 Å². The Kier molecular flexibility index (Phi) is 4.06. The maximum atomic E-state index is 11.4. The van der Waals surface area contributed by atoms with Gasteiger partial charge in [-0.1, -0.05) is 12.1 Å². The molecule has 0 bridgehead atoms. The zero-order chi connectivity index (χ0) is 16.2. The quantitative estimate of drug-likeness (QED) is 0.582. The van der Waals surface area contributed by atoms with Crippen molar-refractivity contribution < 1.29 is 9.90 Å². The Bertz CT molecular complexity index is 861. The molecule has 0 aliphatic carbocycles. The minimum Gasteiger partial charge on any atom is -0.508 e. The lowest BCUT2D eigenvalue weighted by Crippen LogP contribution is -1.97. The normalized spacial score (nSPS) is 11.0. The van der Waals surface area contributed by atoms with Gasteiger partial charge in [-0.05, 0) is 55.5 Å². The molecule has 0 amide bonds. The van der Waals surface area contributed by atoms with Gasteiger partial charge in [0.15, 0.2) is 5.78 Å². The van der Waals surface area contributed by atoms with Crippen LogP contribution in [-0.2, 0) is 0 Å². The fourth-order valence-electron chi connectivity index (χ4n) is 2.29. The van der Waals surface area contributed by atoms with Gasteiger partial charge in [0.05, 0.1) is 17.6 Å². The van der Waals surface area contributed by atoms with Crippen LogP contribution in [0.5, 0.6) is 5.75 Å². The van der Waals surface area contributed by atoms with E-state index < -0.39 is 0 Å². The molecule has 1 N–H and O–H groups in total. The molecule has 4 heteroatoms. The fraction of sp³-hybridized carbons (Fsp3) is 0.0526. The van der Waals surface area contributed by atoms with Gasteiger partial charge in [-0.25, -0.2) is 0 Å². The summed E-state index contributed by atoms with van der Waals surface area (Å²) in [4.78, 5) is 15.9. The van der Waals surface area contributed by atoms with Crippen LogP contribution >= 0.6 is 0 Å². The molecule has 1 aromatic heterocycles. The summed E-state index contributed by atoms with van der Waals surface area (Å²) in [6.07, 6.45) is 3.69. The monoisotopic (exact) mass is 304 g/mol. The summed E-state index contributed by atoms with van der Waals surface area (Å²) in [5, 5.41) is 9.38. The average molecular weight is 304 g/mol. The van der Waals surface area contributed by atoms with Gasteiger partial charge in [0.2, 0.25) is 0 Å². The van der Waals surface area contributed by atoms with Gasteiger partial charge in [0, 0.05) is 17.4 Å². The van der Waals surface area contributed by atoms with Crippen molar-refractivity contribution in [3.05, 3.63) is 78.1 Å². The Morgan fingerprint density at radius 1 is 1.09 bits per heavy atom. The van der Waals surface area contributed by atoms with Crippen LogP contribution in [0.1, 0.15) is 23.0 Å². The van der Waals surface area contributed by atoms with E-state index in [2.05, 4.69) is 4.99 Å². The summed E-state index contributed by atoms with van der Waals surface area (Å²) in [5.41, 5.74) is 3.22. The number of aromatic nitrogens is 1. The first-order chi connectivity index (χ1) is 11.1. The highest BCUT2D eigenvalue weighted by atomic mass is 16.3. The van der Waals surface area contributed by atoms with Crippen molar-refractivity contribution in [3.63, 3.8) is 0 Å². The number of carbonyl (C=O) groups is 1. The van der Waals surface area contributed by atoms with Gasteiger partial charge in [-0.3, -0.25) is 9.79 Å². The molecule has 0 radical (unpaired) electrons. The van der Waals surface area contributed by atoms with Gasteiger partial charge in [0.1, 0.15) is 5.75 Å². The summed E-state index contributed by atoms with van der Waals surface area (Å²) in [7, 11) is 0. The third kappa shape index (κ3) is 3.37. The van der Waals surface area contributed by atoms with Crippen molar-refractivity contribution >= 4 is 17.7 Å². The lowest BCUT2D eigenvalue weighted by Gasteiger charge is -2.06. The Balaban J connectivity index is 1.89. The first-order valence-corrected chi connectivity index (χ1v) is 7.25. The number of carbonyl (C=O) groups excluding carboxylic acids is 1. The minimum atomic E-state index is 0.0227. The zero-order valence-electron chi connectivity index (χ0n) is 12.7. The molecule has 0 saturated heterocycles. The number of ketones is 1. The molecule has 1 heterocycles. The van der Waals surface area contributed by atoms with Crippen molar-refractivity contribution in [3.8, 4) is 11.4 Å². The largest absolute Gasteiger partial charge is 0.508 e. The Labute approximate surface area is 134 Å². The molecule has 0 aliphatic rings. The molecule has 2 aromatic carbocycles. The predicted molar refractivity (Wildman–Crippen MR) is 91.1 cm³/mol. The van der Waals surface area contributed by atoms with E-state index in [4.69, 9.17) is 0 Å². The van der Waals surface area contributed by atoms with E-state index in [0.717, 1.165) is 17.1 Å². The number of nitrogens with zero attached hydrogens (tertiary/aromatic N) is 2. The second kappa shape index (κ2) is 6.32. The molecule has 0 aliphatic heterocycles. The summed E-state index contributed by atoms with van der Waals surface area (Å²) in [6, 6.07) is 18.1. The van der Waals surface area contributed by atoms with E-state index >= 15 is 0 Å². The topological polar surface area (TPSA) is 54.6 Å². The van der Waals surface area contributed by atoms with Crippen molar-refractivity contribution in [2.75, 3.05) is 0 Å². The number of hydrogen-bond acceptors (Lipinski definition) is 3. The van der Waals surface area contributed by atoms with Crippen LogP contribution in [0.15, 0.2) is 71.9 Å². The van der Waals surface area contributed by atoms with Gasteiger partial charge in [0.25, 0.3) is 0 Å². The van der Waals surface area contributed by atoms with E-state index in [1.807, 2.05) is 47.2 Å². The molecular formula is C19H16N2O2. The Morgan fingerprint density at radius 2 is 1.87 bits per heavy atom. The zero-order valence-corrected chi connectivity index (χ0v) is 12.7. The van der Waals surface area contributed by atoms with E-state index in [9.17, 15) is 9.90 Å². The van der Waals surface area contributed by atoms with Gasteiger partial charge < -0.3 is 9.67 Å². The second-order valence-corrected chi connectivity index (χ2v) is 5.18. The van der Waals surface area contributed by atoms with E-state index in [-0.39, 0.29) is 11.5 Å². The number of hydrogen-bond donors (Lipinski definition) is 1. The molecule has 4 nitrogen and oxygen atoms in total. The number of rotatable bonds is 4. The lowest BCUT2D eigenvalue weighted by atomic mass is 10.1. The number of benzene rings is 2. The molecule has 3 rings (SSSR count). The number of phenols is 1. The number of Topliss-reactive ketones (excluding diaryl/α,β-unsaturated/α-hetero) is 1. The molecule has 0 saturated carbocycles. The maximum Gasteiger partial charge on any atom is 0.159 e. The van der Waals surface area contributed by atoms with Crippen molar-refractivity contribution in [1.82, 2.24) is 4.57 Å². The van der Waals surface area contributed by atoms with Crippen molar-refractivity contribution in [2.45, 2.75) is 6.92 Å². The summed E-state index contributed by atoms with van der Waals surface area (Å²) in [6.45, 7) is 1.54. The smallest absolute Gasteiger partial charge is 0.159 e. The van der Waals surface area contributed by atoms with Gasteiger partial charge in [-0.15, -0.1) is 0 Å². The SMILES string of the molecule is CC(=O)c1cccc(N=Cc2cccn2-c2ccc(O)cc2)c1. The molecule has 0 spiro atoms. The molecule has 114 valence electrons. The second-order valence-electron chi connectivity index (χ2n) is 5.18. The van der Waals surface area contributed by atoms with Crippen LogP contribution in [0.4, 0.5) is 5.69 Å². The van der Waals surface area contributed by atoms with E-state index in [1.54, 1.807) is 37.4 Å². The highest BCUT2D eigenvalue weighted by Gasteiger charge is 2.02. The van der Waals surface area contributed by atoms with Gasteiger partial charge in [-0.2, -0.15) is 0 Å². The number of phenolic OH excluding ortho intramolecular Hbond substituents is 1. The molecule has 0 atom stereocenters. The molecular weight excluding hydrogens is 288 g/mol. The molecule has 23 heavy (non-hydrogen) atoms. The van der Waals surface area contributed by atoms with Gasteiger partial charge >= 0.3 is 0 Å². The summed E-state index contributed by atoms with van der Waals surface area (Å²) in [5.74, 6) is 0.256. The first kappa shape index (κ1) is 14.8. The average Bonchev–Trinajstić information content (AvgIpc) is 3.02. The first-order valence-electron chi connectivity index (χ1n) is 7.25. The summed E-state index contributed by atoms with van der Waals surface area (Å²) >= 11 is 0. The molecule has 0 fully saturated rings. The predicted octanol–water partition coefficient (Wildman–Crippen LogP) is 4.14. The lowest BCUT2D eigenvalue weighted by molar-refractivity contribution is 0.101. The Hall–Kier alpha value is -3.14. The van der Waals surface area contributed by atoms with E-state index in [1.165, 1.54) is 0 Å². The number of aromatic hydroxyl groups is 1. The fourth-order valence-corrected chi connectivity index (χ4v) is 2.29. The van der Waals surface area contributed by atoms with Crippen LogP contribution in [0.3, 0.4) is 0 Å². The van der Waals surface area contributed by atoms with Crippen LogP contribution in [0.2, 0.25) is 0 Å². The molecule has 3 aromatic rings. The van der Waals surface area contributed by atoms with E-state index in [0.29, 0.717) is 5.56 Å². The van der Waals surface area contributed by atoms with Crippen LogP contribution in [0, 0.1) is 0 Å².